The molecule has 0 fully saturated rings. The summed E-state index contributed by atoms with van der Waals surface area (Å²) in [5.41, 5.74) is 2.85. The third kappa shape index (κ3) is 7.08. The lowest BCUT2D eigenvalue weighted by atomic mass is 10.1. The summed E-state index contributed by atoms with van der Waals surface area (Å²) in [6.07, 6.45) is -1.06. The molecule has 1 amide bonds. The Morgan fingerprint density at radius 2 is 1.33 bits per heavy atom. The Balaban J connectivity index is 1.54. The first kappa shape index (κ1) is 21.7. The number of amides is 1. The Bertz CT molecular complexity index is 860. The maximum Gasteiger partial charge on any atom is 0.220 e. The Morgan fingerprint density at radius 3 is 1.87 bits per heavy atom. The van der Waals surface area contributed by atoms with Gasteiger partial charge in [-0.25, -0.2) is 8.78 Å². The predicted molar refractivity (Wildman–Crippen MR) is 115 cm³/mol. The molecule has 3 aromatic carbocycles. The molecular formula is C25H26F2N2O. The smallest absolute Gasteiger partial charge is 0.220 e. The van der Waals surface area contributed by atoms with Crippen LogP contribution >= 0.6 is 0 Å². The van der Waals surface area contributed by atoms with Crippen molar-refractivity contribution in [1.29, 1.82) is 0 Å². The van der Waals surface area contributed by atoms with E-state index < -0.39 is 6.30 Å². The molecule has 1 N–H and O–H groups in total. The number of halogens is 2. The number of hydrogen-bond donors (Lipinski definition) is 1. The van der Waals surface area contributed by atoms with E-state index in [4.69, 9.17) is 0 Å². The van der Waals surface area contributed by atoms with Crippen molar-refractivity contribution in [2.24, 2.45) is 0 Å². The monoisotopic (exact) mass is 408 g/mol. The Kier molecular flexibility index (Phi) is 8.10. The van der Waals surface area contributed by atoms with Crippen molar-refractivity contribution in [2.75, 3.05) is 0 Å². The van der Waals surface area contributed by atoms with Gasteiger partial charge in [-0.1, -0.05) is 72.8 Å². The van der Waals surface area contributed by atoms with Crippen LogP contribution in [-0.4, -0.2) is 17.1 Å². The minimum atomic E-state index is -1.25. The van der Waals surface area contributed by atoms with Gasteiger partial charge >= 0.3 is 0 Å². The summed E-state index contributed by atoms with van der Waals surface area (Å²) in [7, 11) is 0. The van der Waals surface area contributed by atoms with Gasteiger partial charge in [0.15, 0.2) is 6.30 Å². The molecule has 0 spiro atoms. The summed E-state index contributed by atoms with van der Waals surface area (Å²) < 4.78 is 28.1. The van der Waals surface area contributed by atoms with Crippen molar-refractivity contribution in [1.82, 2.24) is 10.2 Å². The summed E-state index contributed by atoms with van der Waals surface area (Å²) in [4.78, 5) is 13.9. The number of hydrogen-bond acceptors (Lipinski definition) is 2. The minimum Gasteiger partial charge on any atom is -0.352 e. The molecule has 0 aromatic heterocycles. The maximum atomic E-state index is 15.1. The van der Waals surface area contributed by atoms with E-state index in [1.165, 1.54) is 12.1 Å². The third-order valence-electron chi connectivity index (χ3n) is 4.87. The second kappa shape index (κ2) is 11.2. The fourth-order valence-electron chi connectivity index (χ4n) is 3.21. The lowest BCUT2D eigenvalue weighted by Crippen LogP contribution is -2.33. The molecule has 0 aliphatic rings. The first-order valence-electron chi connectivity index (χ1n) is 10.1. The highest BCUT2D eigenvalue weighted by Gasteiger charge is 2.19. The summed E-state index contributed by atoms with van der Waals surface area (Å²) in [5.74, 6) is -0.538. The van der Waals surface area contributed by atoms with Crippen molar-refractivity contribution in [3.63, 3.8) is 0 Å². The number of nitrogens with zero attached hydrogens (tertiary/aromatic N) is 1. The molecule has 0 unspecified atom stereocenters. The summed E-state index contributed by atoms with van der Waals surface area (Å²) >= 11 is 0. The Hall–Kier alpha value is -3.05. The van der Waals surface area contributed by atoms with Gasteiger partial charge in [-0.15, -0.1) is 0 Å². The van der Waals surface area contributed by atoms with Crippen LogP contribution in [-0.2, 0) is 24.4 Å². The van der Waals surface area contributed by atoms with E-state index in [9.17, 15) is 9.18 Å². The summed E-state index contributed by atoms with van der Waals surface area (Å²) in [6, 6.07) is 25.4. The van der Waals surface area contributed by atoms with E-state index in [1.807, 2.05) is 60.7 Å². The molecule has 5 heteroatoms. The average molecular weight is 408 g/mol. The largest absolute Gasteiger partial charge is 0.352 e. The molecule has 3 aromatic rings. The van der Waals surface area contributed by atoms with Crippen molar-refractivity contribution in [3.8, 4) is 0 Å². The Labute approximate surface area is 176 Å². The first-order valence-corrected chi connectivity index (χ1v) is 10.1. The SMILES string of the molecule is O=C(CC[C@@H](F)N(Cc1ccccc1)Cc1ccccc1)NCc1ccc(F)cc1. The molecule has 0 saturated carbocycles. The summed E-state index contributed by atoms with van der Waals surface area (Å²) in [5, 5.41) is 2.77. The van der Waals surface area contributed by atoms with Gasteiger partial charge in [-0.3, -0.25) is 9.69 Å². The van der Waals surface area contributed by atoms with Gasteiger partial charge in [0.1, 0.15) is 5.82 Å². The molecule has 0 heterocycles. The molecule has 1 atom stereocenters. The van der Waals surface area contributed by atoms with Gasteiger partial charge in [-0.05, 0) is 28.8 Å². The van der Waals surface area contributed by atoms with Crippen LogP contribution in [0.3, 0.4) is 0 Å². The number of carbonyl (C=O) groups excluding carboxylic acids is 1. The van der Waals surface area contributed by atoms with Crippen LogP contribution in [0.25, 0.3) is 0 Å². The fraction of sp³-hybridized carbons (Fsp3) is 0.240. The first-order chi connectivity index (χ1) is 14.6. The molecule has 3 nitrogen and oxygen atoms in total. The topological polar surface area (TPSA) is 32.3 Å². The van der Waals surface area contributed by atoms with Crippen molar-refractivity contribution in [3.05, 3.63) is 107 Å². The fourth-order valence-corrected chi connectivity index (χ4v) is 3.21. The second-order valence-corrected chi connectivity index (χ2v) is 7.25. The predicted octanol–water partition coefficient (Wildman–Crippen LogP) is 5.22. The van der Waals surface area contributed by atoms with Gasteiger partial charge in [0.2, 0.25) is 5.91 Å². The average Bonchev–Trinajstić information content (AvgIpc) is 2.78. The third-order valence-corrected chi connectivity index (χ3v) is 4.87. The van der Waals surface area contributed by atoms with Gasteiger partial charge < -0.3 is 5.32 Å². The zero-order chi connectivity index (χ0) is 21.2. The molecule has 30 heavy (non-hydrogen) atoms. The lowest BCUT2D eigenvalue weighted by molar-refractivity contribution is -0.122. The zero-order valence-electron chi connectivity index (χ0n) is 16.8. The molecule has 0 radical (unpaired) electrons. The minimum absolute atomic E-state index is 0.0858. The van der Waals surface area contributed by atoms with Crippen LogP contribution in [0.1, 0.15) is 29.5 Å². The molecule has 0 bridgehead atoms. The van der Waals surface area contributed by atoms with Crippen molar-refractivity contribution < 1.29 is 13.6 Å². The molecule has 0 aliphatic carbocycles. The van der Waals surface area contributed by atoms with E-state index in [2.05, 4.69) is 5.32 Å². The number of rotatable bonds is 10. The highest BCUT2D eigenvalue weighted by molar-refractivity contribution is 5.75. The van der Waals surface area contributed by atoms with E-state index >= 15 is 4.39 Å². The summed E-state index contributed by atoms with van der Waals surface area (Å²) in [6.45, 7) is 1.23. The van der Waals surface area contributed by atoms with Gasteiger partial charge in [0.05, 0.1) is 0 Å². The highest BCUT2D eigenvalue weighted by Crippen LogP contribution is 2.17. The van der Waals surface area contributed by atoms with Crippen molar-refractivity contribution >= 4 is 5.91 Å². The van der Waals surface area contributed by atoms with E-state index in [-0.39, 0.29) is 24.6 Å². The lowest BCUT2D eigenvalue weighted by Gasteiger charge is -2.26. The molecule has 156 valence electrons. The van der Waals surface area contributed by atoms with Crippen molar-refractivity contribution in [2.45, 2.75) is 38.8 Å². The van der Waals surface area contributed by atoms with E-state index in [0.29, 0.717) is 19.6 Å². The quantitative estimate of drug-likeness (QED) is 0.467. The van der Waals surface area contributed by atoms with Gasteiger partial charge in [0, 0.05) is 32.5 Å². The molecule has 0 saturated heterocycles. The van der Waals surface area contributed by atoms with Gasteiger partial charge in [-0.2, -0.15) is 0 Å². The number of carbonyl (C=O) groups is 1. The second-order valence-electron chi connectivity index (χ2n) is 7.25. The van der Waals surface area contributed by atoms with Crippen LogP contribution in [0, 0.1) is 5.82 Å². The zero-order valence-corrected chi connectivity index (χ0v) is 16.8. The van der Waals surface area contributed by atoms with Crippen LogP contribution in [0.5, 0.6) is 0 Å². The Morgan fingerprint density at radius 1 is 0.800 bits per heavy atom. The highest BCUT2D eigenvalue weighted by atomic mass is 19.1. The number of alkyl halides is 1. The molecule has 0 aliphatic heterocycles. The number of nitrogens with one attached hydrogen (secondary N) is 1. The molecular weight excluding hydrogens is 382 g/mol. The van der Waals surface area contributed by atoms with Crippen LogP contribution < -0.4 is 5.32 Å². The van der Waals surface area contributed by atoms with Crippen LogP contribution in [0.2, 0.25) is 0 Å². The van der Waals surface area contributed by atoms with Crippen LogP contribution in [0.15, 0.2) is 84.9 Å². The number of benzene rings is 3. The van der Waals surface area contributed by atoms with Gasteiger partial charge in [0.25, 0.3) is 0 Å². The maximum absolute atomic E-state index is 15.1. The standard InChI is InChI=1S/C25H26F2N2O/c26-23-13-11-20(12-14-23)17-28-25(30)16-15-24(27)29(18-21-7-3-1-4-8-21)19-22-9-5-2-6-10-22/h1-14,24H,15-19H2,(H,28,30)/t24-/m0/s1. The normalized spacial score (nSPS) is 12.0. The van der Waals surface area contributed by atoms with E-state index in [0.717, 1.165) is 16.7 Å². The molecule has 3 rings (SSSR count). The van der Waals surface area contributed by atoms with Crippen LogP contribution in [0.4, 0.5) is 8.78 Å². The van der Waals surface area contributed by atoms with E-state index in [1.54, 1.807) is 17.0 Å².